The fourth-order valence-electron chi connectivity index (χ4n) is 0.980. The van der Waals surface area contributed by atoms with Gasteiger partial charge in [-0.25, -0.2) is 0 Å². The van der Waals surface area contributed by atoms with Gasteiger partial charge in [0.2, 0.25) is 0 Å². The molecule has 1 N–H and O–H groups in total. The third-order valence-corrected chi connectivity index (χ3v) is 2.13. The lowest BCUT2D eigenvalue weighted by Crippen LogP contribution is -1.88. The number of aromatic amines is 1. The Balaban J connectivity index is 3.28. The molecular weight excluding hydrogens is 142 g/mol. The molecule has 1 aromatic rings. The largest absolute Gasteiger partial charge is 0.353 e. The molecule has 0 unspecified atom stereocenters. The molecule has 1 nitrogen and oxygen atoms in total. The number of rotatable bonds is 1. The summed E-state index contributed by atoms with van der Waals surface area (Å²) in [5.41, 5.74) is 2.55. The molecular formula is C8H11NS. The number of hydrogen-bond donors (Lipinski definition) is 1. The quantitative estimate of drug-likeness (QED) is 0.613. The molecule has 0 radical (unpaired) electrons. The Morgan fingerprint density at radius 2 is 2.30 bits per heavy atom. The van der Waals surface area contributed by atoms with Crippen LogP contribution in [0, 0.1) is 11.6 Å². The van der Waals surface area contributed by atoms with E-state index < -0.39 is 0 Å². The van der Waals surface area contributed by atoms with Crippen molar-refractivity contribution >= 4 is 12.2 Å². The Hall–Kier alpha value is -0.630. The lowest BCUT2D eigenvalue weighted by Gasteiger charge is -1.99. The molecule has 54 valence electrons. The Morgan fingerprint density at radius 3 is 2.80 bits per heavy atom. The average molecular weight is 153 g/mol. The van der Waals surface area contributed by atoms with Crippen molar-refractivity contribution in [2.75, 3.05) is 0 Å². The third-order valence-electron chi connectivity index (χ3n) is 1.70. The zero-order valence-electron chi connectivity index (χ0n) is 6.27. The van der Waals surface area contributed by atoms with E-state index in [2.05, 4.69) is 24.9 Å². The predicted octanol–water partition coefficient (Wildman–Crippen LogP) is 2.62. The first-order valence-corrected chi connectivity index (χ1v) is 3.83. The van der Waals surface area contributed by atoms with E-state index in [1.807, 2.05) is 6.20 Å². The van der Waals surface area contributed by atoms with E-state index in [4.69, 9.17) is 12.2 Å². The van der Waals surface area contributed by atoms with E-state index in [0.717, 1.165) is 11.1 Å². The second-order valence-corrected chi connectivity index (χ2v) is 2.72. The smallest absolute Gasteiger partial charge is 0.106 e. The SMILES string of the molecule is CCc1cc[nH]c(=S)c1C. The second kappa shape index (κ2) is 2.97. The van der Waals surface area contributed by atoms with E-state index >= 15 is 0 Å². The first-order valence-electron chi connectivity index (χ1n) is 3.43. The van der Waals surface area contributed by atoms with Crippen molar-refractivity contribution in [2.45, 2.75) is 20.3 Å². The maximum absolute atomic E-state index is 5.05. The molecule has 0 aliphatic rings. The van der Waals surface area contributed by atoms with Gasteiger partial charge in [-0.1, -0.05) is 19.1 Å². The standard InChI is InChI=1S/C8H11NS/c1-3-7-4-5-9-8(10)6(7)2/h4-5H,3H2,1-2H3,(H,9,10). The highest BCUT2D eigenvalue weighted by Crippen LogP contribution is 2.06. The van der Waals surface area contributed by atoms with E-state index in [1.165, 1.54) is 11.1 Å². The van der Waals surface area contributed by atoms with Crippen LogP contribution in [0.1, 0.15) is 18.1 Å². The van der Waals surface area contributed by atoms with Crippen molar-refractivity contribution in [3.63, 3.8) is 0 Å². The van der Waals surface area contributed by atoms with Gasteiger partial charge in [0.25, 0.3) is 0 Å². The summed E-state index contributed by atoms with van der Waals surface area (Å²) in [6.07, 6.45) is 2.96. The maximum Gasteiger partial charge on any atom is 0.106 e. The zero-order chi connectivity index (χ0) is 7.56. The van der Waals surface area contributed by atoms with E-state index in [0.29, 0.717) is 0 Å². The Labute approximate surface area is 66.1 Å². The summed E-state index contributed by atoms with van der Waals surface area (Å²) in [6, 6.07) is 2.07. The Kier molecular flexibility index (Phi) is 2.22. The van der Waals surface area contributed by atoms with Gasteiger partial charge in [-0.2, -0.15) is 0 Å². The van der Waals surface area contributed by atoms with Gasteiger partial charge in [0, 0.05) is 6.20 Å². The monoisotopic (exact) mass is 153 g/mol. The topological polar surface area (TPSA) is 15.8 Å². The van der Waals surface area contributed by atoms with Gasteiger partial charge in [0.15, 0.2) is 0 Å². The summed E-state index contributed by atoms with van der Waals surface area (Å²) >= 11 is 5.05. The minimum absolute atomic E-state index is 0.861. The van der Waals surface area contributed by atoms with Crippen LogP contribution in [0.25, 0.3) is 0 Å². The van der Waals surface area contributed by atoms with Gasteiger partial charge in [0.05, 0.1) is 0 Å². The van der Waals surface area contributed by atoms with E-state index in [1.54, 1.807) is 0 Å². The third kappa shape index (κ3) is 1.27. The van der Waals surface area contributed by atoms with Crippen LogP contribution >= 0.6 is 12.2 Å². The predicted molar refractivity (Wildman–Crippen MR) is 45.7 cm³/mol. The van der Waals surface area contributed by atoms with Gasteiger partial charge in [-0.3, -0.25) is 0 Å². The highest BCUT2D eigenvalue weighted by molar-refractivity contribution is 7.71. The first kappa shape index (κ1) is 7.48. The van der Waals surface area contributed by atoms with Crippen LogP contribution in [-0.2, 0) is 6.42 Å². The van der Waals surface area contributed by atoms with E-state index in [-0.39, 0.29) is 0 Å². The van der Waals surface area contributed by atoms with Gasteiger partial charge in [-0.05, 0) is 30.5 Å². The lowest BCUT2D eigenvalue weighted by atomic mass is 10.1. The summed E-state index contributed by atoms with van der Waals surface area (Å²) in [4.78, 5) is 2.99. The van der Waals surface area contributed by atoms with Crippen molar-refractivity contribution in [1.29, 1.82) is 0 Å². The molecule has 0 atom stereocenters. The van der Waals surface area contributed by atoms with Crippen LogP contribution < -0.4 is 0 Å². The fourth-order valence-corrected chi connectivity index (χ4v) is 1.18. The van der Waals surface area contributed by atoms with Gasteiger partial charge < -0.3 is 4.98 Å². The molecule has 0 saturated carbocycles. The number of nitrogens with one attached hydrogen (secondary N) is 1. The lowest BCUT2D eigenvalue weighted by molar-refractivity contribution is 1.07. The van der Waals surface area contributed by atoms with Crippen molar-refractivity contribution in [1.82, 2.24) is 4.98 Å². The van der Waals surface area contributed by atoms with Crippen molar-refractivity contribution in [3.05, 3.63) is 28.0 Å². The Bertz CT molecular complexity index is 275. The van der Waals surface area contributed by atoms with Crippen molar-refractivity contribution < 1.29 is 0 Å². The minimum Gasteiger partial charge on any atom is -0.353 e. The molecule has 0 aliphatic carbocycles. The van der Waals surface area contributed by atoms with Gasteiger partial charge >= 0.3 is 0 Å². The maximum atomic E-state index is 5.05. The van der Waals surface area contributed by atoms with Crippen molar-refractivity contribution in [3.8, 4) is 0 Å². The zero-order valence-corrected chi connectivity index (χ0v) is 7.09. The molecule has 0 saturated heterocycles. The van der Waals surface area contributed by atoms with Crippen molar-refractivity contribution in [2.24, 2.45) is 0 Å². The van der Waals surface area contributed by atoms with Crippen LogP contribution in [0.3, 0.4) is 0 Å². The molecule has 1 rings (SSSR count). The van der Waals surface area contributed by atoms with Gasteiger partial charge in [-0.15, -0.1) is 0 Å². The fraction of sp³-hybridized carbons (Fsp3) is 0.375. The van der Waals surface area contributed by atoms with Crippen LogP contribution in [0.2, 0.25) is 0 Å². The molecule has 2 heteroatoms. The average Bonchev–Trinajstić information content (AvgIpc) is 1.95. The number of pyridine rings is 1. The molecule has 1 heterocycles. The number of aryl methyl sites for hydroxylation is 1. The van der Waals surface area contributed by atoms with Crippen LogP contribution in [0.15, 0.2) is 12.3 Å². The highest BCUT2D eigenvalue weighted by Gasteiger charge is 1.93. The van der Waals surface area contributed by atoms with E-state index in [9.17, 15) is 0 Å². The second-order valence-electron chi connectivity index (χ2n) is 2.31. The minimum atomic E-state index is 0.861. The summed E-state index contributed by atoms with van der Waals surface area (Å²) in [5.74, 6) is 0. The number of hydrogen-bond acceptors (Lipinski definition) is 1. The van der Waals surface area contributed by atoms with Gasteiger partial charge in [0.1, 0.15) is 4.64 Å². The molecule has 0 aromatic carbocycles. The molecule has 10 heavy (non-hydrogen) atoms. The molecule has 1 aromatic heterocycles. The summed E-state index contributed by atoms with van der Waals surface area (Å²) < 4.78 is 0.861. The van der Waals surface area contributed by atoms with Crippen LogP contribution in [0.5, 0.6) is 0 Å². The molecule has 0 fully saturated rings. The summed E-state index contributed by atoms with van der Waals surface area (Å²) in [7, 11) is 0. The van der Waals surface area contributed by atoms with Crippen LogP contribution in [0.4, 0.5) is 0 Å². The first-order chi connectivity index (χ1) is 4.75. The van der Waals surface area contributed by atoms with Crippen LogP contribution in [-0.4, -0.2) is 4.98 Å². The molecule has 0 aliphatic heterocycles. The molecule has 0 bridgehead atoms. The Morgan fingerprint density at radius 1 is 1.60 bits per heavy atom. The summed E-state index contributed by atoms with van der Waals surface area (Å²) in [6.45, 7) is 4.19. The molecule has 0 amide bonds. The highest BCUT2D eigenvalue weighted by atomic mass is 32.1. The normalized spacial score (nSPS) is 9.80. The molecule has 0 spiro atoms. The number of aromatic nitrogens is 1. The number of H-pyrrole nitrogens is 1. The summed E-state index contributed by atoms with van der Waals surface area (Å²) in [5, 5.41) is 0.